The highest BCUT2D eigenvalue weighted by molar-refractivity contribution is 5.42. The van der Waals surface area contributed by atoms with Crippen LogP contribution in [0.4, 0.5) is 0 Å². The van der Waals surface area contributed by atoms with E-state index in [0.717, 1.165) is 5.56 Å². The predicted molar refractivity (Wildman–Crippen MR) is 59.9 cm³/mol. The monoisotopic (exact) mass is 210 g/mol. The summed E-state index contributed by atoms with van der Waals surface area (Å²) in [5, 5.41) is 11.3. The Morgan fingerprint density at radius 1 is 1.40 bits per heavy atom. The zero-order chi connectivity index (χ0) is 11.4. The highest BCUT2D eigenvalue weighted by Crippen LogP contribution is 2.28. The number of nitrogens with zero attached hydrogens (tertiary/aromatic N) is 1. The molecule has 0 radical (unpaired) electrons. The van der Waals surface area contributed by atoms with Crippen molar-refractivity contribution >= 4 is 0 Å². The quantitative estimate of drug-likeness (QED) is 0.740. The molecule has 84 valence electrons. The topological polar surface area (TPSA) is 44.7 Å². The van der Waals surface area contributed by atoms with Crippen molar-refractivity contribution in [3.63, 3.8) is 0 Å². The molecule has 0 spiro atoms. The van der Waals surface area contributed by atoms with Crippen LogP contribution in [0.25, 0.3) is 0 Å². The van der Waals surface area contributed by atoms with Crippen molar-refractivity contribution in [2.75, 3.05) is 21.2 Å². The number of hydrazine groups is 1. The number of methoxy groups -OCH3 is 1. The molecule has 1 unspecified atom stereocenters. The van der Waals surface area contributed by atoms with E-state index in [1.54, 1.807) is 13.2 Å². The highest BCUT2D eigenvalue weighted by Gasteiger charge is 2.09. The lowest BCUT2D eigenvalue weighted by Gasteiger charge is -2.20. The first-order valence-corrected chi connectivity index (χ1v) is 4.85. The van der Waals surface area contributed by atoms with Crippen molar-refractivity contribution in [2.45, 2.75) is 13.0 Å². The van der Waals surface area contributed by atoms with Crippen LogP contribution in [0.15, 0.2) is 18.2 Å². The van der Waals surface area contributed by atoms with E-state index in [1.165, 1.54) is 0 Å². The van der Waals surface area contributed by atoms with E-state index in [2.05, 4.69) is 5.43 Å². The molecule has 4 nitrogen and oxygen atoms in total. The van der Waals surface area contributed by atoms with E-state index in [-0.39, 0.29) is 11.8 Å². The largest absolute Gasteiger partial charge is 0.504 e. The van der Waals surface area contributed by atoms with Crippen molar-refractivity contribution in [1.82, 2.24) is 10.4 Å². The van der Waals surface area contributed by atoms with E-state index in [1.807, 2.05) is 38.2 Å². The van der Waals surface area contributed by atoms with Crippen LogP contribution < -0.4 is 10.2 Å². The van der Waals surface area contributed by atoms with E-state index >= 15 is 0 Å². The normalized spacial score (nSPS) is 12.9. The lowest BCUT2D eigenvalue weighted by molar-refractivity contribution is 0.251. The summed E-state index contributed by atoms with van der Waals surface area (Å²) in [4.78, 5) is 0. The lowest BCUT2D eigenvalue weighted by Crippen LogP contribution is -2.32. The van der Waals surface area contributed by atoms with E-state index in [9.17, 15) is 5.11 Å². The molecule has 0 aromatic heterocycles. The molecule has 1 aromatic carbocycles. The number of rotatable bonds is 4. The van der Waals surface area contributed by atoms with Crippen LogP contribution >= 0.6 is 0 Å². The molecule has 0 bridgehead atoms. The molecule has 0 saturated carbocycles. The Labute approximate surface area is 90.4 Å². The molecular weight excluding hydrogens is 192 g/mol. The highest BCUT2D eigenvalue weighted by atomic mass is 16.5. The van der Waals surface area contributed by atoms with Crippen LogP contribution in [0.2, 0.25) is 0 Å². The molecule has 0 amide bonds. The first-order chi connectivity index (χ1) is 7.04. The number of phenolic OH excluding ortho intramolecular Hbond substituents is 1. The molecule has 1 aromatic rings. The van der Waals surface area contributed by atoms with E-state index < -0.39 is 0 Å². The van der Waals surface area contributed by atoms with E-state index in [0.29, 0.717) is 5.75 Å². The summed E-state index contributed by atoms with van der Waals surface area (Å²) in [6.45, 7) is 2.05. The third-order valence-electron chi connectivity index (χ3n) is 2.16. The minimum absolute atomic E-state index is 0.165. The Balaban J connectivity index is 2.85. The van der Waals surface area contributed by atoms with Crippen LogP contribution in [0, 0.1) is 0 Å². The Bertz CT molecular complexity index is 326. The zero-order valence-electron chi connectivity index (χ0n) is 9.61. The fourth-order valence-electron chi connectivity index (χ4n) is 1.43. The standard InChI is InChI=1S/C11H18N2O2/c1-8(12-13(2)3)9-5-6-10(14)11(7-9)15-4/h5-8,12,14H,1-4H3. The maximum Gasteiger partial charge on any atom is 0.160 e. The Hall–Kier alpha value is -1.26. The molecule has 1 rings (SSSR count). The van der Waals surface area contributed by atoms with Gasteiger partial charge in [0.05, 0.1) is 7.11 Å². The predicted octanol–water partition coefficient (Wildman–Crippen LogP) is 1.53. The lowest BCUT2D eigenvalue weighted by atomic mass is 10.1. The van der Waals surface area contributed by atoms with Crippen LogP contribution in [-0.2, 0) is 0 Å². The van der Waals surface area contributed by atoms with Gasteiger partial charge in [-0.2, -0.15) is 0 Å². The van der Waals surface area contributed by atoms with Gasteiger partial charge in [-0.25, -0.2) is 5.43 Å². The van der Waals surface area contributed by atoms with Gasteiger partial charge in [0.1, 0.15) is 0 Å². The van der Waals surface area contributed by atoms with Gasteiger partial charge in [-0.1, -0.05) is 6.07 Å². The molecule has 0 saturated heterocycles. The van der Waals surface area contributed by atoms with Gasteiger partial charge in [0.25, 0.3) is 0 Å². The molecule has 0 fully saturated rings. The number of hydrogen-bond acceptors (Lipinski definition) is 4. The Morgan fingerprint density at radius 3 is 2.60 bits per heavy atom. The smallest absolute Gasteiger partial charge is 0.160 e. The zero-order valence-corrected chi connectivity index (χ0v) is 9.61. The fourth-order valence-corrected chi connectivity index (χ4v) is 1.43. The number of benzene rings is 1. The molecule has 4 heteroatoms. The minimum Gasteiger partial charge on any atom is -0.504 e. The number of nitrogens with one attached hydrogen (secondary N) is 1. The van der Waals surface area contributed by atoms with Gasteiger partial charge in [-0.3, -0.25) is 5.01 Å². The van der Waals surface area contributed by atoms with Crippen LogP contribution in [0.5, 0.6) is 11.5 Å². The SMILES string of the molecule is COc1cc(C(C)NN(C)C)ccc1O. The van der Waals surface area contributed by atoms with Gasteiger partial charge in [-0.15, -0.1) is 0 Å². The van der Waals surface area contributed by atoms with Crippen LogP contribution in [-0.4, -0.2) is 31.3 Å². The summed E-state index contributed by atoms with van der Waals surface area (Å²) in [5.74, 6) is 0.665. The first kappa shape index (κ1) is 11.8. The van der Waals surface area contributed by atoms with Gasteiger partial charge in [0.15, 0.2) is 11.5 Å². The van der Waals surface area contributed by atoms with Crippen molar-refractivity contribution in [3.05, 3.63) is 23.8 Å². The molecule has 0 aliphatic carbocycles. The second-order valence-corrected chi connectivity index (χ2v) is 3.68. The van der Waals surface area contributed by atoms with Crippen molar-refractivity contribution in [1.29, 1.82) is 0 Å². The minimum atomic E-state index is 0.165. The number of aromatic hydroxyl groups is 1. The number of phenols is 1. The third-order valence-corrected chi connectivity index (χ3v) is 2.16. The average Bonchev–Trinajstić information content (AvgIpc) is 2.17. The van der Waals surface area contributed by atoms with Gasteiger partial charge in [0.2, 0.25) is 0 Å². The summed E-state index contributed by atoms with van der Waals surface area (Å²) in [6.07, 6.45) is 0. The van der Waals surface area contributed by atoms with Gasteiger partial charge < -0.3 is 9.84 Å². The average molecular weight is 210 g/mol. The summed E-state index contributed by atoms with van der Waals surface area (Å²) >= 11 is 0. The van der Waals surface area contributed by atoms with Crippen molar-refractivity contribution in [2.24, 2.45) is 0 Å². The Kier molecular flexibility index (Phi) is 3.94. The van der Waals surface area contributed by atoms with Gasteiger partial charge >= 0.3 is 0 Å². The summed E-state index contributed by atoms with van der Waals surface area (Å²) in [6, 6.07) is 5.52. The third kappa shape index (κ3) is 3.11. The Morgan fingerprint density at radius 2 is 2.07 bits per heavy atom. The van der Waals surface area contributed by atoms with E-state index in [4.69, 9.17) is 4.74 Å². The maximum atomic E-state index is 9.44. The summed E-state index contributed by atoms with van der Waals surface area (Å²) in [7, 11) is 5.42. The van der Waals surface area contributed by atoms with Gasteiger partial charge in [0, 0.05) is 20.1 Å². The fraction of sp³-hybridized carbons (Fsp3) is 0.455. The molecule has 2 N–H and O–H groups in total. The summed E-state index contributed by atoms with van der Waals surface area (Å²) < 4.78 is 5.05. The van der Waals surface area contributed by atoms with Crippen LogP contribution in [0.1, 0.15) is 18.5 Å². The molecular formula is C11H18N2O2. The van der Waals surface area contributed by atoms with Gasteiger partial charge in [-0.05, 0) is 24.6 Å². The second kappa shape index (κ2) is 5.00. The van der Waals surface area contributed by atoms with Crippen LogP contribution in [0.3, 0.4) is 0 Å². The number of hydrogen-bond donors (Lipinski definition) is 2. The second-order valence-electron chi connectivity index (χ2n) is 3.68. The summed E-state index contributed by atoms with van der Waals surface area (Å²) in [5.41, 5.74) is 4.29. The molecule has 0 aliphatic rings. The van der Waals surface area contributed by atoms with Crippen molar-refractivity contribution in [3.8, 4) is 11.5 Å². The maximum absolute atomic E-state index is 9.44. The molecule has 0 aliphatic heterocycles. The van der Waals surface area contributed by atoms with Crippen molar-refractivity contribution < 1.29 is 9.84 Å². The molecule has 0 heterocycles. The molecule has 1 atom stereocenters. The first-order valence-electron chi connectivity index (χ1n) is 4.85. The molecule has 15 heavy (non-hydrogen) atoms. The number of ether oxygens (including phenoxy) is 1.